The predicted molar refractivity (Wildman–Crippen MR) is 63.4 cm³/mol. The Kier molecular flexibility index (Phi) is 6.55. The number of esters is 1. The van der Waals surface area contributed by atoms with Crippen LogP contribution in [0.25, 0.3) is 0 Å². The highest BCUT2D eigenvalue weighted by Gasteiger charge is 2.14. The van der Waals surface area contributed by atoms with Crippen LogP contribution in [-0.2, 0) is 14.3 Å². The van der Waals surface area contributed by atoms with Crippen LogP contribution in [0.3, 0.4) is 0 Å². The summed E-state index contributed by atoms with van der Waals surface area (Å²) in [6.45, 7) is 0.412. The lowest BCUT2D eigenvalue weighted by Crippen LogP contribution is -2.19. The molecule has 0 aliphatic carbocycles. The van der Waals surface area contributed by atoms with Crippen LogP contribution in [0.1, 0.15) is 44.9 Å². The smallest absolute Gasteiger partial charge is 0.308 e. The molecule has 1 N–H and O–H groups in total. The van der Waals surface area contributed by atoms with E-state index in [1.165, 1.54) is 6.08 Å². The Morgan fingerprint density at radius 1 is 1.12 bits per heavy atom. The van der Waals surface area contributed by atoms with Gasteiger partial charge in [0.25, 0.3) is 0 Å². The number of ether oxygens (including phenoxy) is 1. The van der Waals surface area contributed by atoms with E-state index in [9.17, 15) is 14.7 Å². The topological polar surface area (TPSA) is 63.6 Å². The Labute approximate surface area is 102 Å². The van der Waals surface area contributed by atoms with E-state index in [0.717, 1.165) is 32.1 Å². The minimum atomic E-state index is -0.928. The van der Waals surface area contributed by atoms with Gasteiger partial charge in [-0.2, -0.15) is 0 Å². The number of hydrogen-bond acceptors (Lipinski definition) is 4. The van der Waals surface area contributed by atoms with Gasteiger partial charge in [0.2, 0.25) is 0 Å². The zero-order valence-electron chi connectivity index (χ0n) is 10.1. The lowest BCUT2D eigenvalue weighted by Gasteiger charge is -2.09. The molecule has 0 bridgehead atoms. The summed E-state index contributed by atoms with van der Waals surface area (Å²) >= 11 is 0. The van der Waals surface area contributed by atoms with Gasteiger partial charge in [-0.15, -0.1) is 0 Å². The number of allylic oxidation sites excluding steroid dienone is 2. The van der Waals surface area contributed by atoms with Crippen LogP contribution < -0.4 is 0 Å². The molecular formula is C13H20O4. The highest BCUT2D eigenvalue weighted by molar-refractivity contribution is 5.90. The highest BCUT2D eigenvalue weighted by atomic mass is 16.5. The summed E-state index contributed by atoms with van der Waals surface area (Å²) in [7, 11) is 0. The van der Waals surface area contributed by atoms with Crippen molar-refractivity contribution in [2.24, 2.45) is 0 Å². The van der Waals surface area contributed by atoms with Crippen LogP contribution in [0.15, 0.2) is 12.2 Å². The second-order valence-electron chi connectivity index (χ2n) is 4.35. The number of aliphatic hydroxyl groups excluding tert-OH is 1. The van der Waals surface area contributed by atoms with Crippen molar-refractivity contribution in [2.45, 2.75) is 51.0 Å². The Morgan fingerprint density at radius 3 is 2.71 bits per heavy atom. The number of rotatable bonds is 0. The first-order valence-corrected chi connectivity index (χ1v) is 6.21. The third kappa shape index (κ3) is 6.89. The lowest BCUT2D eigenvalue weighted by molar-refractivity contribution is -0.146. The average Bonchev–Trinajstić information content (AvgIpc) is 2.25. The standard InChI is InChI=1S/C13H20O4/c14-11-7-5-3-1-2-4-6-8-17-13(16)10-12(15)9-11/h5,7,12,15H,1-4,6,8-10H2/b7-5+. The van der Waals surface area contributed by atoms with E-state index in [1.807, 2.05) is 6.08 Å². The number of ketones is 1. The van der Waals surface area contributed by atoms with Crippen LogP contribution in [0.5, 0.6) is 0 Å². The molecule has 1 aliphatic heterocycles. The minimum Gasteiger partial charge on any atom is -0.466 e. The zero-order valence-corrected chi connectivity index (χ0v) is 10.1. The van der Waals surface area contributed by atoms with E-state index in [-0.39, 0.29) is 18.6 Å². The first-order chi connectivity index (χ1) is 8.18. The summed E-state index contributed by atoms with van der Waals surface area (Å²) < 4.78 is 4.96. The minimum absolute atomic E-state index is 0.00833. The first-order valence-electron chi connectivity index (χ1n) is 6.21. The van der Waals surface area contributed by atoms with Crippen molar-refractivity contribution in [3.8, 4) is 0 Å². The fourth-order valence-corrected chi connectivity index (χ4v) is 1.74. The Balaban J connectivity index is 2.46. The summed E-state index contributed by atoms with van der Waals surface area (Å²) in [5.74, 6) is -0.561. The van der Waals surface area contributed by atoms with Crippen molar-refractivity contribution in [2.75, 3.05) is 6.61 Å². The summed E-state index contributed by atoms with van der Waals surface area (Å²) in [6.07, 6.45) is 7.22. The molecule has 0 aromatic rings. The zero-order chi connectivity index (χ0) is 12.5. The number of hydrogen-bond donors (Lipinski definition) is 1. The van der Waals surface area contributed by atoms with Crippen LogP contribution in [-0.4, -0.2) is 29.6 Å². The molecule has 1 heterocycles. The van der Waals surface area contributed by atoms with Gasteiger partial charge >= 0.3 is 5.97 Å². The second kappa shape index (κ2) is 8.01. The number of aliphatic hydroxyl groups is 1. The largest absolute Gasteiger partial charge is 0.466 e. The van der Waals surface area contributed by atoms with Gasteiger partial charge < -0.3 is 9.84 Å². The molecule has 0 aromatic heterocycles. The molecule has 0 saturated heterocycles. The fraction of sp³-hybridized carbons (Fsp3) is 0.692. The fourth-order valence-electron chi connectivity index (χ4n) is 1.74. The maximum absolute atomic E-state index is 11.4. The van der Waals surface area contributed by atoms with E-state index < -0.39 is 12.1 Å². The van der Waals surface area contributed by atoms with Gasteiger partial charge in [0.15, 0.2) is 5.78 Å². The van der Waals surface area contributed by atoms with Crippen molar-refractivity contribution in [1.82, 2.24) is 0 Å². The number of carbonyl (C=O) groups excluding carboxylic acids is 2. The van der Waals surface area contributed by atoms with Gasteiger partial charge in [-0.05, 0) is 25.3 Å². The van der Waals surface area contributed by atoms with Crippen molar-refractivity contribution >= 4 is 11.8 Å². The molecule has 0 saturated carbocycles. The lowest BCUT2D eigenvalue weighted by atomic mass is 10.1. The van der Waals surface area contributed by atoms with Crippen LogP contribution >= 0.6 is 0 Å². The first kappa shape index (κ1) is 13.9. The van der Waals surface area contributed by atoms with E-state index >= 15 is 0 Å². The molecule has 0 fully saturated rings. The van der Waals surface area contributed by atoms with Crippen molar-refractivity contribution in [1.29, 1.82) is 0 Å². The van der Waals surface area contributed by atoms with Gasteiger partial charge in [-0.3, -0.25) is 9.59 Å². The van der Waals surface area contributed by atoms with E-state index in [4.69, 9.17) is 4.74 Å². The van der Waals surface area contributed by atoms with Crippen LogP contribution in [0.4, 0.5) is 0 Å². The van der Waals surface area contributed by atoms with E-state index in [1.54, 1.807) is 0 Å². The van der Waals surface area contributed by atoms with Crippen LogP contribution in [0.2, 0.25) is 0 Å². The third-order valence-corrected chi connectivity index (χ3v) is 2.67. The Bertz CT molecular complexity index is 283. The molecule has 1 rings (SSSR count). The van der Waals surface area contributed by atoms with Gasteiger partial charge in [-0.1, -0.05) is 18.9 Å². The molecular weight excluding hydrogens is 220 g/mol. The SMILES string of the molecule is O=C1/C=C/CCCCCCOC(=O)CC(O)C1. The third-order valence-electron chi connectivity index (χ3n) is 2.67. The van der Waals surface area contributed by atoms with Crippen LogP contribution in [0, 0.1) is 0 Å². The summed E-state index contributed by atoms with van der Waals surface area (Å²) in [5, 5.41) is 9.50. The summed E-state index contributed by atoms with van der Waals surface area (Å²) in [4.78, 5) is 22.6. The van der Waals surface area contributed by atoms with E-state index in [0.29, 0.717) is 6.61 Å². The van der Waals surface area contributed by atoms with Gasteiger partial charge in [0.1, 0.15) is 0 Å². The summed E-state index contributed by atoms with van der Waals surface area (Å²) in [5.41, 5.74) is 0. The second-order valence-corrected chi connectivity index (χ2v) is 4.35. The molecule has 4 nitrogen and oxygen atoms in total. The monoisotopic (exact) mass is 240 g/mol. The molecule has 1 aliphatic rings. The Hall–Kier alpha value is -1.16. The normalized spacial score (nSPS) is 27.0. The molecule has 0 amide bonds. The molecule has 4 heteroatoms. The predicted octanol–water partition coefficient (Wildman–Crippen LogP) is 1.76. The molecule has 96 valence electrons. The van der Waals surface area contributed by atoms with Crippen molar-refractivity contribution in [3.05, 3.63) is 12.2 Å². The van der Waals surface area contributed by atoms with E-state index in [2.05, 4.69) is 0 Å². The molecule has 1 atom stereocenters. The Morgan fingerprint density at radius 2 is 1.88 bits per heavy atom. The highest BCUT2D eigenvalue weighted by Crippen LogP contribution is 2.07. The molecule has 0 aromatic carbocycles. The number of cyclic esters (lactones) is 1. The number of carbonyl (C=O) groups is 2. The average molecular weight is 240 g/mol. The van der Waals surface area contributed by atoms with Gasteiger partial charge in [0, 0.05) is 6.42 Å². The van der Waals surface area contributed by atoms with Gasteiger partial charge in [0.05, 0.1) is 19.1 Å². The molecule has 1 unspecified atom stereocenters. The molecule has 0 radical (unpaired) electrons. The van der Waals surface area contributed by atoms with Crippen molar-refractivity contribution in [3.63, 3.8) is 0 Å². The van der Waals surface area contributed by atoms with Gasteiger partial charge in [-0.25, -0.2) is 0 Å². The van der Waals surface area contributed by atoms with Crippen molar-refractivity contribution < 1.29 is 19.4 Å². The quantitative estimate of drug-likeness (QED) is 0.655. The summed E-state index contributed by atoms with van der Waals surface area (Å²) in [6, 6.07) is 0. The molecule has 17 heavy (non-hydrogen) atoms. The molecule has 0 spiro atoms. The maximum atomic E-state index is 11.4. The maximum Gasteiger partial charge on any atom is 0.308 e.